The van der Waals surface area contributed by atoms with Gasteiger partial charge in [-0.2, -0.15) is 0 Å². The first kappa shape index (κ1) is 40.6. The molecular formula is C38H47N3O12. The minimum absolute atomic E-state index is 0.0153. The van der Waals surface area contributed by atoms with Crippen molar-refractivity contribution in [2.24, 2.45) is 0 Å². The van der Waals surface area contributed by atoms with Gasteiger partial charge in [0.05, 0.1) is 12.6 Å². The van der Waals surface area contributed by atoms with Crippen LogP contribution < -0.4 is 10.6 Å². The van der Waals surface area contributed by atoms with Gasteiger partial charge in [0.2, 0.25) is 11.8 Å². The number of hydrogen-bond acceptors (Lipinski definition) is 12. The Hall–Kier alpha value is -5.12. The number of methoxy groups -OCH3 is 1. The van der Waals surface area contributed by atoms with Gasteiger partial charge < -0.3 is 34.7 Å². The molecule has 2 aromatic carbocycles. The van der Waals surface area contributed by atoms with Gasteiger partial charge in [-0.05, 0) is 60.6 Å². The normalized spacial score (nSPS) is 15.0. The van der Waals surface area contributed by atoms with Crippen LogP contribution in [0.2, 0.25) is 0 Å². The van der Waals surface area contributed by atoms with Crippen LogP contribution in [0.15, 0.2) is 48.7 Å². The highest BCUT2D eigenvalue weighted by Gasteiger charge is 2.36. The summed E-state index contributed by atoms with van der Waals surface area (Å²) >= 11 is 0. The predicted molar refractivity (Wildman–Crippen MR) is 190 cm³/mol. The van der Waals surface area contributed by atoms with E-state index in [1.807, 2.05) is 13.0 Å². The van der Waals surface area contributed by atoms with Gasteiger partial charge >= 0.3 is 6.16 Å². The first-order valence-corrected chi connectivity index (χ1v) is 17.6. The number of aliphatic hydroxyl groups excluding tert-OH is 1. The number of rotatable bonds is 22. The van der Waals surface area contributed by atoms with Crippen LogP contribution >= 0.6 is 0 Å². The largest absolute Gasteiger partial charge is 0.533 e. The molecule has 2 atom stereocenters. The van der Waals surface area contributed by atoms with E-state index in [0.29, 0.717) is 70.2 Å². The SMILES string of the molecule is C=C(COC)OCCNC(=O)CCCC(=O)Nc1ccc2c(c1)C(COC(=O)ON1C(=O)CCC1=O)c1cccc(C(=O)CCCOC(C)CCO)c1-2. The number of carbonyl (C=O) groups is 6. The Morgan fingerprint density at radius 3 is 2.45 bits per heavy atom. The molecule has 1 saturated heterocycles. The van der Waals surface area contributed by atoms with E-state index in [4.69, 9.17) is 28.9 Å². The molecule has 1 heterocycles. The second-order valence-electron chi connectivity index (χ2n) is 12.7. The number of imide groups is 1. The van der Waals surface area contributed by atoms with Crippen LogP contribution in [0.1, 0.15) is 85.7 Å². The second kappa shape index (κ2) is 20.2. The molecule has 0 saturated carbocycles. The first-order valence-electron chi connectivity index (χ1n) is 17.6. The summed E-state index contributed by atoms with van der Waals surface area (Å²) in [5.41, 5.74) is 3.71. The fraction of sp³-hybridized carbons (Fsp3) is 0.474. The molecule has 53 heavy (non-hydrogen) atoms. The third kappa shape index (κ3) is 11.7. The Labute approximate surface area is 307 Å². The van der Waals surface area contributed by atoms with Gasteiger partial charge in [-0.3, -0.25) is 28.8 Å². The van der Waals surface area contributed by atoms with Crippen LogP contribution in [0.3, 0.4) is 0 Å². The molecule has 0 aromatic heterocycles. The lowest BCUT2D eigenvalue weighted by Gasteiger charge is -2.17. The van der Waals surface area contributed by atoms with Crippen molar-refractivity contribution >= 4 is 41.3 Å². The zero-order valence-electron chi connectivity index (χ0n) is 30.1. The van der Waals surface area contributed by atoms with E-state index in [1.54, 1.807) is 30.3 Å². The van der Waals surface area contributed by atoms with E-state index in [-0.39, 0.29) is 88.8 Å². The van der Waals surface area contributed by atoms with Gasteiger partial charge in [-0.25, -0.2) is 4.79 Å². The molecule has 4 rings (SSSR count). The quantitative estimate of drug-likeness (QED) is 0.0514. The number of ether oxygens (including phenoxy) is 4. The lowest BCUT2D eigenvalue weighted by atomic mass is 9.93. The zero-order chi connectivity index (χ0) is 38.3. The summed E-state index contributed by atoms with van der Waals surface area (Å²) in [5.74, 6) is -2.04. The number of Topliss-reactive ketones (excluding diaryl/α,β-unsaturated/α-hetero) is 1. The number of hydrogen-bond donors (Lipinski definition) is 3. The van der Waals surface area contributed by atoms with Crippen molar-refractivity contribution in [1.82, 2.24) is 10.4 Å². The highest BCUT2D eigenvalue weighted by atomic mass is 16.8. The maximum atomic E-state index is 13.5. The van der Waals surface area contributed by atoms with Crippen LogP contribution in [0, 0.1) is 0 Å². The molecule has 15 heteroatoms. The molecule has 0 spiro atoms. The topological polar surface area (TPSA) is 196 Å². The summed E-state index contributed by atoms with van der Waals surface area (Å²) in [6.45, 7) is 6.47. The van der Waals surface area contributed by atoms with Crippen LogP contribution in [-0.4, -0.2) is 98.5 Å². The lowest BCUT2D eigenvalue weighted by molar-refractivity contribution is -0.177. The Morgan fingerprint density at radius 1 is 0.962 bits per heavy atom. The van der Waals surface area contributed by atoms with Crippen LogP contribution in [0.5, 0.6) is 0 Å². The fourth-order valence-electron chi connectivity index (χ4n) is 6.03. The smallest absolute Gasteiger partial charge is 0.494 e. The Bertz CT molecular complexity index is 1660. The van der Waals surface area contributed by atoms with E-state index in [1.165, 1.54) is 7.11 Å². The maximum Gasteiger partial charge on any atom is 0.533 e. The monoisotopic (exact) mass is 737 g/mol. The zero-order valence-corrected chi connectivity index (χ0v) is 30.1. The van der Waals surface area contributed by atoms with Crippen molar-refractivity contribution in [3.05, 3.63) is 65.4 Å². The molecular weight excluding hydrogens is 690 g/mol. The highest BCUT2D eigenvalue weighted by Crippen LogP contribution is 2.48. The van der Waals surface area contributed by atoms with Crippen molar-refractivity contribution in [2.45, 2.75) is 70.3 Å². The number of fused-ring (bicyclic) bond motifs is 3. The Balaban J connectivity index is 1.43. The summed E-state index contributed by atoms with van der Waals surface area (Å²) in [6.07, 6.45) is 0.230. The molecule has 1 aliphatic heterocycles. The molecule has 15 nitrogen and oxygen atoms in total. The molecule has 1 fully saturated rings. The number of anilines is 1. The van der Waals surface area contributed by atoms with E-state index in [9.17, 15) is 28.8 Å². The number of carbonyl (C=O) groups excluding carboxylic acids is 6. The third-order valence-corrected chi connectivity index (χ3v) is 8.62. The first-order chi connectivity index (χ1) is 25.5. The minimum atomic E-state index is -1.23. The predicted octanol–water partition coefficient (Wildman–Crippen LogP) is 4.17. The van der Waals surface area contributed by atoms with Crippen molar-refractivity contribution < 1.29 is 57.7 Å². The highest BCUT2D eigenvalue weighted by molar-refractivity contribution is 6.05. The Kier molecular flexibility index (Phi) is 15.5. The van der Waals surface area contributed by atoms with E-state index in [2.05, 4.69) is 17.2 Å². The van der Waals surface area contributed by atoms with E-state index >= 15 is 0 Å². The summed E-state index contributed by atoms with van der Waals surface area (Å²) in [7, 11) is 1.53. The molecule has 2 aromatic rings. The summed E-state index contributed by atoms with van der Waals surface area (Å²) in [6, 6.07) is 10.5. The minimum Gasteiger partial charge on any atom is -0.494 e. The van der Waals surface area contributed by atoms with Crippen molar-refractivity contribution in [2.75, 3.05) is 52.0 Å². The van der Waals surface area contributed by atoms with Crippen LogP contribution in [-0.2, 0) is 43.0 Å². The molecule has 286 valence electrons. The number of nitrogens with zero attached hydrogens (tertiary/aromatic N) is 1. The number of ketones is 1. The number of benzene rings is 2. The van der Waals surface area contributed by atoms with E-state index < -0.39 is 23.9 Å². The molecule has 2 aliphatic rings. The van der Waals surface area contributed by atoms with Gasteiger partial charge in [0.25, 0.3) is 11.8 Å². The molecule has 4 amide bonds. The standard InChI is InChI=1S/C38H47N3O12/c1-24(16-18-42)50-19-6-9-32(43)29-8-4-7-27-31(23-52-38(48)53-41-35(46)14-15-36(41)47)30-21-26(12-13-28(30)37(27)29)40-34(45)11-5-10-33(44)39-17-20-51-25(2)22-49-3/h4,7-8,12-13,21,24,31,42H,2,5-6,9-11,14-20,22-23H2,1,3H3,(H,39,44)(H,40,45). The molecule has 1 aliphatic carbocycles. The third-order valence-electron chi connectivity index (χ3n) is 8.62. The summed E-state index contributed by atoms with van der Waals surface area (Å²) in [4.78, 5) is 80.0. The van der Waals surface area contributed by atoms with Gasteiger partial charge in [0, 0.05) is 69.6 Å². The van der Waals surface area contributed by atoms with Gasteiger partial charge in [0.1, 0.15) is 25.6 Å². The van der Waals surface area contributed by atoms with Crippen LogP contribution in [0.4, 0.5) is 10.5 Å². The average molecular weight is 738 g/mol. The second-order valence-corrected chi connectivity index (χ2v) is 12.7. The average Bonchev–Trinajstić information content (AvgIpc) is 3.62. The number of hydroxylamine groups is 2. The van der Waals surface area contributed by atoms with Crippen molar-refractivity contribution in [3.63, 3.8) is 0 Å². The molecule has 0 radical (unpaired) electrons. The van der Waals surface area contributed by atoms with Gasteiger partial charge in [-0.1, -0.05) is 35.9 Å². The maximum absolute atomic E-state index is 13.5. The molecule has 3 N–H and O–H groups in total. The molecule has 2 unspecified atom stereocenters. The fourth-order valence-corrected chi connectivity index (χ4v) is 6.03. The lowest BCUT2D eigenvalue weighted by Crippen LogP contribution is -2.32. The molecule has 0 bridgehead atoms. The van der Waals surface area contributed by atoms with E-state index in [0.717, 1.165) is 0 Å². The van der Waals surface area contributed by atoms with Gasteiger partial charge in [-0.15, -0.1) is 0 Å². The number of aliphatic hydroxyl groups is 1. The summed E-state index contributed by atoms with van der Waals surface area (Å²) < 4.78 is 21.3. The number of amides is 4. The Morgan fingerprint density at radius 2 is 1.72 bits per heavy atom. The summed E-state index contributed by atoms with van der Waals surface area (Å²) in [5, 5.41) is 15.1. The number of nitrogens with one attached hydrogen (secondary N) is 2. The van der Waals surface area contributed by atoms with Gasteiger partial charge in [0.15, 0.2) is 5.78 Å². The van der Waals surface area contributed by atoms with Crippen molar-refractivity contribution in [3.8, 4) is 11.1 Å². The van der Waals surface area contributed by atoms with Crippen molar-refractivity contribution in [1.29, 1.82) is 0 Å². The van der Waals surface area contributed by atoms with Crippen LogP contribution in [0.25, 0.3) is 11.1 Å².